The summed E-state index contributed by atoms with van der Waals surface area (Å²) in [4.78, 5) is 19.0. The van der Waals surface area contributed by atoms with E-state index in [-0.39, 0.29) is 0 Å². The smallest absolute Gasteiger partial charge is 0.229 e. The number of likely N-dealkylation sites (N-methyl/N-ethyl adjacent to an activating group) is 1. The molecule has 2 aromatic heterocycles. The highest BCUT2D eigenvalue weighted by Crippen LogP contribution is 2.27. The highest BCUT2D eigenvalue weighted by Gasteiger charge is 2.16. The Labute approximate surface area is 210 Å². The van der Waals surface area contributed by atoms with E-state index >= 15 is 0 Å². The minimum Gasteiger partial charge on any atom is -0.369 e. The molecule has 180 valence electrons. The molecule has 0 atom stereocenters. The largest absolute Gasteiger partial charge is 0.369 e. The van der Waals surface area contributed by atoms with Crippen molar-refractivity contribution in [2.24, 2.45) is 0 Å². The molecule has 2 N–H and O–H groups in total. The Hall–Kier alpha value is -4.43. The maximum Gasteiger partial charge on any atom is 0.229 e. The van der Waals surface area contributed by atoms with Gasteiger partial charge in [0.05, 0.1) is 11.9 Å². The minimum absolute atomic E-state index is 0.526. The molecule has 3 heterocycles. The zero-order valence-corrected chi connectivity index (χ0v) is 20.2. The normalized spacial score (nSPS) is 14.2. The second kappa shape index (κ2) is 9.67. The number of anilines is 5. The third-order valence-electron chi connectivity index (χ3n) is 6.44. The monoisotopic (exact) mass is 476 g/mol. The number of hydrogen-bond donors (Lipinski definition) is 2. The van der Waals surface area contributed by atoms with Crippen LogP contribution in [0.2, 0.25) is 0 Å². The molecule has 8 nitrogen and oxygen atoms in total. The summed E-state index contributed by atoms with van der Waals surface area (Å²) in [7, 11) is 2.17. The number of rotatable bonds is 6. The summed E-state index contributed by atoms with van der Waals surface area (Å²) >= 11 is 0. The first-order valence-corrected chi connectivity index (χ1v) is 12.2. The fourth-order valence-electron chi connectivity index (χ4n) is 4.44. The van der Waals surface area contributed by atoms with Crippen molar-refractivity contribution in [1.29, 1.82) is 0 Å². The van der Waals surface area contributed by atoms with E-state index in [4.69, 9.17) is 9.97 Å². The molecule has 0 bridgehead atoms. The van der Waals surface area contributed by atoms with E-state index in [1.165, 1.54) is 5.69 Å². The summed E-state index contributed by atoms with van der Waals surface area (Å²) in [6.45, 7) is 4.27. The molecule has 3 aromatic carbocycles. The van der Waals surface area contributed by atoms with Crippen molar-refractivity contribution in [3.8, 4) is 5.69 Å². The molecular weight excluding hydrogens is 448 g/mol. The maximum atomic E-state index is 4.85. The molecule has 0 spiro atoms. The lowest BCUT2D eigenvalue weighted by Crippen LogP contribution is -2.44. The van der Waals surface area contributed by atoms with Crippen molar-refractivity contribution in [3.63, 3.8) is 0 Å². The third-order valence-corrected chi connectivity index (χ3v) is 6.44. The average molecular weight is 477 g/mol. The van der Waals surface area contributed by atoms with E-state index in [0.717, 1.165) is 48.9 Å². The summed E-state index contributed by atoms with van der Waals surface area (Å²) in [5, 5.41) is 6.79. The zero-order chi connectivity index (χ0) is 24.3. The van der Waals surface area contributed by atoms with Gasteiger partial charge in [0.25, 0.3) is 0 Å². The fraction of sp³-hybridized carbons (Fsp3) is 0.179. The van der Waals surface area contributed by atoms with Gasteiger partial charge in [0.15, 0.2) is 5.65 Å². The summed E-state index contributed by atoms with van der Waals surface area (Å²) in [6.07, 6.45) is 1.76. The molecule has 1 aliphatic heterocycles. The number of piperazine rings is 1. The molecule has 36 heavy (non-hydrogen) atoms. The Morgan fingerprint density at radius 2 is 1.33 bits per heavy atom. The van der Waals surface area contributed by atoms with Crippen LogP contribution in [-0.2, 0) is 0 Å². The van der Waals surface area contributed by atoms with Gasteiger partial charge in [-0.2, -0.15) is 4.98 Å². The van der Waals surface area contributed by atoms with Crippen molar-refractivity contribution >= 4 is 40.1 Å². The highest BCUT2D eigenvalue weighted by atomic mass is 15.3. The van der Waals surface area contributed by atoms with E-state index in [2.05, 4.69) is 56.7 Å². The molecule has 1 fully saturated rings. The van der Waals surface area contributed by atoms with Gasteiger partial charge in [-0.05, 0) is 55.6 Å². The highest BCUT2D eigenvalue weighted by molar-refractivity contribution is 5.79. The maximum absolute atomic E-state index is 4.85. The van der Waals surface area contributed by atoms with Gasteiger partial charge < -0.3 is 20.4 Å². The van der Waals surface area contributed by atoms with Gasteiger partial charge in [-0.25, -0.2) is 9.97 Å². The Morgan fingerprint density at radius 3 is 2.06 bits per heavy atom. The number of nitrogens with zero attached hydrogens (tertiary/aromatic N) is 6. The van der Waals surface area contributed by atoms with Gasteiger partial charge in [-0.15, -0.1) is 0 Å². The molecule has 8 heteroatoms. The number of benzene rings is 3. The molecule has 0 radical (unpaired) electrons. The quantitative estimate of drug-likeness (QED) is 0.355. The number of hydrogen-bond acceptors (Lipinski definition) is 7. The van der Waals surface area contributed by atoms with E-state index in [1.807, 2.05) is 65.2 Å². The van der Waals surface area contributed by atoms with Crippen LogP contribution in [0.3, 0.4) is 0 Å². The molecule has 0 saturated carbocycles. The SMILES string of the molecule is CN1CCN(c2ccc(Nc3ncc4nc(Nc5ccccc5)n(-c5ccccc5)c4n3)cc2)CC1. The molecule has 6 rings (SSSR count). The van der Waals surface area contributed by atoms with Crippen molar-refractivity contribution in [2.75, 3.05) is 48.8 Å². The molecule has 1 aliphatic rings. The zero-order valence-electron chi connectivity index (χ0n) is 20.2. The summed E-state index contributed by atoms with van der Waals surface area (Å²) < 4.78 is 2.02. The molecule has 0 amide bonds. The first kappa shape index (κ1) is 22.1. The van der Waals surface area contributed by atoms with E-state index in [9.17, 15) is 0 Å². The van der Waals surface area contributed by atoms with Gasteiger partial charge in [-0.1, -0.05) is 36.4 Å². The van der Waals surface area contributed by atoms with Gasteiger partial charge >= 0.3 is 0 Å². The molecule has 0 unspecified atom stereocenters. The summed E-state index contributed by atoms with van der Waals surface area (Å²) in [6, 6.07) is 28.6. The third kappa shape index (κ3) is 4.58. The summed E-state index contributed by atoms with van der Waals surface area (Å²) in [5.41, 5.74) is 5.56. The average Bonchev–Trinajstić information content (AvgIpc) is 3.28. The Bertz CT molecular complexity index is 1440. The molecular formula is C28H28N8. The van der Waals surface area contributed by atoms with Crippen LogP contribution >= 0.6 is 0 Å². The van der Waals surface area contributed by atoms with Crippen LogP contribution in [0.1, 0.15) is 0 Å². The van der Waals surface area contributed by atoms with Crippen LogP contribution in [0.4, 0.5) is 29.0 Å². The van der Waals surface area contributed by atoms with E-state index < -0.39 is 0 Å². The van der Waals surface area contributed by atoms with Crippen LogP contribution in [0.15, 0.2) is 91.1 Å². The number of fused-ring (bicyclic) bond motifs is 1. The van der Waals surface area contributed by atoms with Crippen molar-refractivity contribution in [1.82, 2.24) is 24.4 Å². The Balaban J connectivity index is 1.30. The predicted octanol–water partition coefficient (Wildman–Crippen LogP) is 5.05. The van der Waals surface area contributed by atoms with Crippen LogP contribution in [0.5, 0.6) is 0 Å². The lowest BCUT2D eigenvalue weighted by atomic mass is 10.2. The molecule has 1 saturated heterocycles. The lowest BCUT2D eigenvalue weighted by Gasteiger charge is -2.34. The van der Waals surface area contributed by atoms with E-state index in [1.54, 1.807) is 6.20 Å². The van der Waals surface area contributed by atoms with Crippen molar-refractivity contribution < 1.29 is 0 Å². The number of nitrogens with one attached hydrogen (secondary N) is 2. The number of imidazole rings is 1. The van der Waals surface area contributed by atoms with Gasteiger partial charge in [-0.3, -0.25) is 4.57 Å². The van der Waals surface area contributed by atoms with E-state index in [0.29, 0.717) is 17.4 Å². The predicted molar refractivity (Wildman–Crippen MR) is 146 cm³/mol. The van der Waals surface area contributed by atoms with Gasteiger partial charge in [0.2, 0.25) is 11.9 Å². The van der Waals surface area contributed by atoms with Crippen molar-refractivity contribution in [2.45, 2.75) is 0 Å². The van der Waals surface area contributed by atoms with Crippen LogP contribution < -0.4 is 15.5 Å². The van der Waals surface area contributed by atoms with Gasteiger partial charge in [0, 0.05) is 43.2 Å². The van der Waals surface area contributed by atoms with Gasteiger partial charge in [0.1, 0.15) is 5.52 Å². The Kier molecular flexibility index (Phi) is 5.93. The second-order valence-corrected chi connectivity index (χ2v) is 8.96. The lowest BCUT2D eigenvalue weighted by molar-refractivity contribution is 0.313. The summed E-state index contributed by atoms with van der Waals surface area (Å²) in [5.74, 6) is 1.21. The van der Waals surface area contributed by atoms with Crippen LogP contribution in [0, 0.1) is 0 Å². The first-order valence-electron chi connectivity index (χ1n) is 12.2. The Morgan fingerprint density at radius 1 is 0.667 bits per heavy atom. The van der Waals surface area contributed by atoms with Crippen LogP contribution in [-0.4, -0.2) is 57.6 Å². The topological polar surface area (TPSA) is 74.1 Å². The molecule has 5 aromatic rings. The number of aromatic nitrogens is 4. The fourth-order valence-corrected chi connectivity index (χ4v) is 4.44. The van der Waals surface area contributed by atoms with Crippen LogP contribution in [0.25, 0.3) is 16.9 Å². The standard InChI is InChI=1S/C28H28N8/c1-34-16-18-35(19-17-34)23-14-12-22(13-15-23)30-27-29-20-25-26(33-27)36(24-10-6-3-7-11-24)28(32-25)31-21-8-4-2-5-9-21/h2-15,20H,16-19H2,1H3,(H,31,32)(H,29,30,33). The molecule has 0 aliphatic carbocycles. The van der Waals surface area contributed by atoms with Crippen molar-refractivity contribution in [3.05, 3.63) is 91.1 Å². The second-order valence-electron chi connectivity index (χ2n) is 8.96. The minimum atomic E-state index is 0.526. The first-order chi connectivity index (χ1) is 17.7. The number of para-hydroxylation sites is 2.